The predicted molar refractivity (Wildman–Crippen MR) is 125 cm³/mol. The smallest absolute Gasteiger partial charge is 0.283 e. The van der Waals surface area contributed by atoms with Crippen LogP contribution in [0.15, 0.2) is 68.8 Å². The standard InChI is InChI=1S/C24H22N4O3S/c1-15-17(3)32-24(25-15)28-23(30)22-16(2)26(14-19-10-7-11-31-19)21(29)12-20(22)27(28)13-18-8-5-4-6-9-18/h4-12H,13-14H2,1-3H3. The molecule has 0 atom stereocenters. The minimum atomic E-state index is -0.185. The maximum absolute atomic E-state index is 13.7. The molecular formula is C24H22N4O3S. The Morgan fingerprint density at radius 2 is 1.78 bits per heavy atom. The van der Waals surface area contributed by atoms with Crippen molar-refractivity contribution >= 4 is 22.2 Å². The lowest BCUT2D eigenvalue weighted by molar-refractivity contribution is 0.487. The molecule has 162 valence electrons. The Balaban J connectivity index is 1.79. The maximum atomic E-state index is 13.7. The van der Waals surface area contributed by atoms with Crippen LogP contribution >= 0.6 is 11.3 Å². The molecule has 0 N–H and O–H groups in total. The number of rotatable bonds is 5. The summed E-state index contributed by atoms with van der Waals surface area (Å²) in [4.78, 5) is 32.5. The van der Waals surface area contributed by atoms with E-state index in [1.165, 1.54) is 11.3 Å². The van der Waals surface area contributed by atoms with Crippen molar-refractivity contribution in [1.82, 2.24) is 18.9 Å². The maximum Gasteiger partial charge on any atom is 0.283 e. The first kappa shape index (κ1) is 20.3. The Kier molecular flexibility index (Phi) is 4.94. The summed E-state index contributed by atoms with van der Waals surface area (Å²) in [5.74, 6) is 0.657. The van der Waals surface area contributed by atoms with Gasteiger partial charge < -0.3 is 8.98 Å². The van der Waals surface area contributed by atoms with E-state index in [1.807, 2.05) is 61.9 Å². The second-order valence-electron chi connectivity index (χ2n) is 7.79. The minimum Gasteiger partial charge on any atom is -0.467 e. The molecule has 5 aromatic rings. The third-order valence-corrected chi connectivity index (χ3v) is 6.79. The molecule has 0 unspecified atom stereocenters. The van der Waals surface area contributed by atoms with Gasteiger partial charge in [-0.05, 0) is 38.5 Å². The molecular weight excluding hydrogens is 424 g/mol. The fourth-order valence-corrected chi connectivity index (χ4v) is 4.87. The van der Waals surface area contributed by atoms with Crippen LogP contribution in [0.2, 0.25) is 0 Å². The summed E-state index contributed by atoms with van der Waals surface area (Å²) >= 11 is 1.47. The summed E-state index contributed by atoms with van der Waals surface area (Å²) < 4.78 is 10.5. The number of hydrogen-bond acceptors (Lipinski definition) is 5. The van der Waals surface area contributed by atoms with Gasteiger partial charge in [-0.2, -0.15) is 4.68 Å². The molecule has 4 aromatic heterocycles. The lowest BCUT2D eigenvalue weighted by Crippen LogP contribution is -2.23. The summed E-state index contributed by atoms with van der Waals surface area (Å²) in [7, 11) is 0. The lowest BCUT2D eigenvalue weighted by atomic mass is 10.2. The van der Waals surface area contributed by atoms with Gasteiger partial charge in [-0.1, -0.05) is 41.7 Å². The average molecular weight is 447 g/mol. The van der Waals surface area contributed by atoms with Gasteiger partial charge in [0.15, 0.2) is 0 Å². The van der Waals surface area contributed by atoms with Crippen molar-refractivity contribution in [2.45, 2.75) is 33.9 Å². The highest BCUT2D eigenvalue weighted by atomic mass is 32.1. The van der Waals surface area contributed by atoms with Crippen molar-refractivity contribution in [2.24, 2.45) is 0 Å². The number of benzene rings is 1. The largest absolute Gasteiger partial charge is 0.467 e. The van der Waals surface area contributed by atoms with Crippen LogP contribution in [0.5, 0.6) is 0 Å². The third-order valence-electron chi connectivity index (χ3n) is 5.74. The fraction of sp³-hybridized carbons (Fsp3) is 0.208. The molecule has 32 heavy (non-hydrogen) atoms. The lowest BCUT2D eigenvalue weighted by Gasteiger charge is -2.12. The van der Waals surface area contributed by atoms with Crippen LogP contribution in [0.3, 0.4) is 0 Å². The Bertz CT molecular complexity index is 1520. The van der Waals surface area contributed by atoms with E-state index < -0.39 is 0 Å². The molecule has 0 saturated heterocycles. The zero-order valence-electron chi connectivity index (χ0n) is 18.0. The monoisotopic (exact) mass is 446 g/mol. The highest BCUT2D eigenvalue weighted by molar-refractivity contribution is 7.14. The van der Waals surface area contributed by atoms with Gasteiger partial charge in [0.25, 0.3) is 11.1 Å². The number of aryl methyl sites for hydroxylation is 3. The molecule has 0 spiro atoms. The van der Waals surface area contributed by atoms with Gasteiger partial charge in [-0.15, -0.1) is 0 Å². The van der Waals surface area contributed by atoms with Crippen LogP contribution in [0.1, 0.15) is 27.6 Å². The number of pyridine rings is 1. The topological polar surface area (TPSA) is 75.0 Å². The molecule has 0 aliphatic rings. The average Bonchev–Trinajstić information content (AvgIpc) is 3.46. The molecule has 0 radical (unpaired) electrons. The number of fused-ring (bicyclic) bond motifs is 1. The molecule has 5 rings (SSSR count). The molecule has 0 aliphatic heterocycles. The Morgan fingerprint density at radius 3 is 2.44 bits per heavy atom. The molecule has 1 aromatic carbocycles. The van der Waals surface area contributed by atoms with E-state index in [4.69, 9.17) is 4.42 Å². The van der Waals surface area contributed by atoms with E-state index >= 15 is 0 Å². The van der Waals surface area contributed by atoms with Crippen molar-refractivity contribution in [3.05, 3.63) is 103 Å². The van der Waals surface area contributed by atoms with E-state index in [0.717, 1.165) is 16.1 Å². The molecule has 8 heteroatoms. The van der Waals surface area contributed by atoms with Crippen molar-refractivity contribution in [3.8, 4) is 5.13 Å². The molecule has 0 saturated carbocycles. The van der Waals surface area contributed by atoms with E-state index in [0.29, 0.717) is 34.0 Å². The van der Waals surface area contributed by atoms with Crippen LogP contribution < -0.4 is 11.1 Å². The SMILES string of the molecule is Cc1nc(-n2c(=O)c3c(C)n(Cc4ccco4)c(=O)cc3n2Cc2ccccc2)sc1C. The van der Waals surface area contributed by atoms with Gasteiger partial charge in [0.1, 0.15) is 5.76 Å². The third kappa shape index (κ3) is 3.33. The van der Waals surface area contributed by atoms with Crippen molar-refractivity contribution < 1.29 is 4.42 Å². The highest BCUT2D eigenvalue weighted by Crippen LogP contribution is 2.24. The first-order chi connectivity index (χ1) is 15.4. The number of thiazole rings is 1. The number of furan rings is 1. The van der Waals surface area contributed by atoms with Gasteiger partial charge in [0.2, 0.25) is 5.13 Å². The van der Waals surface area contributed by atoms with Gasteiger partial charge in [0.05, 0.1) is 35.9 Å². The Morgan fingerprint density at radius 1 is 1.00 bits per heavy atom. The van der Waals surface area contributed by atoms with Crippen LogP contribution in [0.25, 0.3) is 16.0 Å². The Hall–Kier alpha value is -3.65. The summed E-state index contributed by atoms with van der Waals surface area (Å²) in [5, 5.41) is 1.11. The molecule has 0 bridgehead atoms. The normalized spacial score (nSPS) is 11.5. The van der Waals surface area contributed by atoms with Crippen molar-refractivity contribution in [3.63, 3.8) is 0 Å². The number of aromatic nitrogens is 4. The first-order valence-electron chi connectivity index (χ1n) is 10.3. The van der Waals surface area contributed by atoms with Gasteiger partial charge >= 0.3 is 0 Å². The summed E-state index contributed by atoms with van der Waals surface area (Å²) in [5.41, 5.74) is 2.76. The van der Waals surface area contributed by atoms with Gasteiger partial charge in [-0.25, -0.2) is 4.98 Å². The summed E-state index contributed by atoms with van der Waals surface area (Å²) in [6.07, 6.45) is 1.57. The molecule has 4 heterocycles. The minimum absolute atomic E-state index is 0.183. The highest BCUT2D eigenvalue weighted by Gasteiger charge is 2.22. The van der Waals surface area contributed by atoms with Crippen LogP contribution in [0, 0.1) is 20.8 Å². The molecule has 0 amide bonds. The van der Waals surface area contributed by atoms with Crippen LogP contribution in [-0.2, 0) is 13.1 Å². The van der Waals surface area contributed by atoms with E-state index in [-0.39, 0.29) is 17.7 Å². The number of hydrogen-bond donors (Lipinski definition) is 0. The van der Waals surface area contributed by atoms with Gasteiger partial charge in [-0.3, -0.25) is 14.3 Å². The molecule has 0 fully saturated rings. The van der Waals surface area contributed by atoms with E-state index in [1.54, 1.807) is 27.6 Å². The number of nitrogens with zero attached hydrogens (tertiary/aromatic N) is 4. The van der Waals surface area contributed by atoms with Crippen molar-refractivity contribution in [1.29, 1.82) is 0 Å². The van der Waals surface area contributed by atoms with Gasteiger partial charge in [0, 0.05) is 16.6 Å². The van der Waals surface area contributed by atoms with Crippen molar-refractivity contribution in [2.75, 3.05) is 0 Å². The predicted octanol–water partition coefficient (Wildman–Crippen LogP) is 4.03. The first-order valence-corrected chi connectivity index (χ1v) is 11.1. The summed E-state index contributed by atoms with van der Waals surface area (Å²) in [6, 6.07) is 15.0. The zero-order chi connectivity index (χ0) is 22.4. The van der Waals surface area contributed by atoms with Crippen LogP contribution in [-0.4, -0.2) is 18.9 Å². The van der Waals surface area contributed by atoms with Crippen LogP contribution in [0.4, 0.5) is 0 Å². The summed E-state index contributed by atoms with van der Waals surface area (Å²) in [6.45, 7) is 6.45. The zero-order valence-corrected chi connectivity index (χ0v) is 18.8. The second-order valence-corrected chi connectivity index (χ2v) is 8.97. The molecule has 7 nitrogen and oxygen atoms in total. The Labute approximate surface area is 187 Å². The van der Waals surface area contributed by atoms with E-state index in [9.17, 15) is 9.59 Å². The molecule has 0 aliphatic carbocycles. The quantitative estimate of drug-likeness (QED) is 0.409. The van der Waals surface area contributed by atoms with E-state index in [2.05, 4.69) is 4.98 Å². The second kappa shape index (κ2) is 7.80. The fourth-order valence-electron chi connectivity index (χ4n) is 3.95.